The van der Waals surface area contributed by atoms with Gasteiger partial charge in [-0.3, -0.25) is 14.4 Å². The quantitative estimate of drug-likeness (QED) is 0.567. The molecule has 0 aromatic heterocycles. The molecule has 3 N–H and O–H groups in total. The zero-order chi connectivity index (χ0) is 21.2. The normalized spacial score (nSPS) is 11.5. The average Bonchev–Trinajstić information content (AvgIpc) is 2.72. The van der Waals surface area contributed by atoms with Crippen molar-refractivity contribution in [3.63, 3.8) is 0 Å². The summed E-state index contributed by atoms with van der Waals surface area (Å²) >= 11 is 0. The van der Waals surface area contributed by atoms with E-state index in [-0.39, 0.29) is 36.9 Å². The van der Waals surface area contributed by atoms with E-state index >= 15 is 0 Å². The number of nitrogens with two attached hydrogens (primary N) is 1. The fourth-order valence-electron chi connectivity index (χ4n) is 2.83. The van der Waals surface area contributed by atoms with Crippen molar-refractivity contribution >= 4 is 17.6 Å². The molecule has 29 heavy (non-hydrogen) atoms. The minimum absolute atomic E-state index is 0.0493. The Kier molecular flexibility index (Phi) is 8.33. The van der Waals surface area contributed by atoms with Gasteiger partial charge in [-0.1, -0.05) is 12.1 Å². The van der Waals surface area contributed by atoms with Gasteiger partial charge < -0.3 is 15.8 Å². The first-order chi connectivity index (χ1) is 13.9. The van der Waals surface area contributed by atoms with Gasteiger partial charge in [-0.05, 0) is 54.8 Å². The number of benzene rings is 2. The highest BCUT2D eigenvalue weighted by Crippen LogP contribution is 2.14. The zero-order valence-electron chi connectivity index (χ0n) is 16.3. The van der Waals surface area contributed by atoms with Crippen LogP contribution >= 0.6 is 0 Å². The van der Waals surface area contributed by atoms with Crippen LogP contribution in [0.15, 0.2) is 48.5 Å². The summed E-state index contributed by atoms with van der Waals surface area (Å²) in [6, 6.07) is 12.6. The Morgan fingerprint density at radius 3 is 2.28 bits per heavy atom. The molecule has 0 bridgehead atoms. The van der Waals surface area contributed by atoms with Crippen molar-refractivity contribution in [2.45, 2.75) is 25.7 Å². The highest BCUT2D eigenvalue weighted by Gasteiger charge is 2.17. The molecular formula is C22H25FN2O4. The number of nitrogens with one attached hydrogen (secondary N) is 1. The summed E-state index contributed by atoms with van der Waals surface area (Å²) in [4.78, 5) is 35.8. The van der Waals surface area contributed by atoms with Crippen molar-refractivity contribution in [2.75, 3.05) is 13.7 Å². The van der Waals surface area contributed by atoms with E-state index in [0.717, 1.165) is 5.56 Å². The first-order valence-corrected chi connectivity index (χ1v) is 9.36. The number of amides is 2. The molecule has 0 saturated carbocycles. The van der Waals surface area contributed by atoms with E-state index in [2.05, 4.69) is 5.32 Å². The Hall–Kier alpha value is -3.22. The highest BCUT2D eigenvalue weighted by molar-refractivity contribution is 5.96. The summed E-state index contributed by atoms with van der Waals surface area (Å²) in [6.07, 6.45) is 1.13. The third-order valence-electron chi connectivity index (χ3n) is 4.56. The molecule has 6 nitrogen and oxygen atoms in total. The van der Waals surface area contributed by atoms with Crippen LogP contribution in [0.25, 0.3) is 0 Å². The van der Waals surface area contributed by atoms with Gasteiger partial charge in [0.1, 0.15) is 11.6 Å². The van der Waals surface area contributed by atoms with Crippen LogP contribution < -0.4 is 15.8 Å². The molecule has 0 aliphatic heterocycles. The number of carbonyl (C=O) groups excluding carboxylic acids is 3. The van der Waals surface area contributed by atoms with Gasteiger partial charge in [0.25, 0.3) is 0 Å². The van der Waals surface area contributed by atoms with Crippen LogP contribution in [0, 0.1) is 11.7 Å². The van der Waals surface area contributed by atoms with Gasteiger partial charge in [-0.15, -0.1) is 0 Å². The van der Waals surface area contributed by atoms with E-state index < -0.39 is 11.8 Å². The topological polar surface area (TPSA) is 98.5 Å². The number of ether oxygens (including phenoxy) is 1. The number of hydrogen-bond donors (Lipinski definition) is 2. The van der Waals surface area contributed by atoms with E-state index in [9.17, 15) is 18.8 Å². The molecule has 2 aromatic carbocycles. The molecular weight excluding hydrogens is 375 g/mol. The number of halogens is 1. The largest absolute Gasteiger partial charge is 0.497 e. The van der Waals surface area contributed by atoms with Crippen molar-refractivity contribution in [1.29, 1.82) is 0 Å². The Morgan fingerprint density at radius 2 is 1.69 bits per heavy atom. The third kappa shape index (κ3) is 7.37. The van der Waals surface area contributed by atoms with Gasteiger partial charge >= 0.3 is 0 Å². The highest BCUT2D eigenvalue weighted by atomic mass is 19.1. The van der Waals surface area contributed by atoms with Gasteiger partial charge in [0, 0.05) is 24.9 Å². The summed E-state index contributed by atoms with van der Waals surface area (Å²) in [6.45, 7) is 0.0952. The molecule has 1 unspecified atom stereocenters. The molecule has 0 aliphatic rings. The first-order valence-electron chi connectivity index (χ1n) is 9.36. The molecule has 0 heterocycles. The number of primary amides is 1. The van der Waals surface area contributed by atoms with Gasteiger partial charge in [0.15, 0.2) is 5.78 Å². The molecule has 2 rings (SSSR count). The Bertz CT molecular complexity index is 835. The van der Waals surface area contributed by atoms with E-state index in [4.69, 9.17) is 10.5 Å². The Labute approximate surface area is 169 Å². The number of carbonyl (C=O) groups is 3. The predicted molar refractivity (Wildman–Crippen MR) is 107 cm³/mol. The molecule has 0 aliphatic carbocycles. The number of rotatable bonds is 11. The van der Waals surface area contributed by atoms with E-state index in [1.807, 2.05) is 0 Å². The molecule has 7 heteroatoms. The van der Waals surface area contributed by atoms with Crippen LogP contribution in [0.4, 0.5) is 4.39 Å². The second-order valence-corrected chi connectivity index (χ2v) is 6.74. The molecule has 1 atom stereocenters. The van der Waals surface area contributed by atoms with E-state index in [1.165, 1.54) is 12.1 Å². The minimum atomic E-state index is -0.592. The van der Waals surface area contributed by atoms with Crippen molar-refractivity contribution in [3.05, 3.63) is 65.5 Å². The van der Waals surface area contributed by atoms with Crippen molar-refractivity contribution in [2.24, 2.45) is 11.7 Å². The van der Waals surface area contributed by atoms with Gasteiger partial charge in [0.2, 0.25) is 11.8 Å². The second-order valence-electron chi connectivity index (χ2n) is 6.74. The minimum Gasteiger partial charge on any atom is -0.497 e. The number of methoxy groups -OCH3 is 1. The predicted octanol–water partition coefficient (Wildman–Crippen LogP) is 2.65. The number of ketones is 1. The third-order valence-corrected chi connectivity index (χ3v) is 4.56. The van der Waals surface area contributed by atoms with Crippen LogP contribution in [0.3, 0.4) is 0 Å². The first kappa shape index (κ1) is 22.1. The fraction of sp³-hybridized carbons (Fsp3) is 0.318. The average molecular weight is 400 g/mol. The summed E-state index contributed by atoms with van der Waals surface area (Å²) in [7, 11) is 1.55. The van der Waals surface area contributed by atoms with Crippen molar-refractivity contribution in [1.82, 2.24) is 5.32 Å². The lowest BCUT2D eigenvalue weighted by Crippen LogP contribution is -2.37. The fourth-order valence-corrected chi connectivity index (χ4v) is 2.83. The lowest BCUT2D eigenvalue weighted by Gasteiger charge is -2.14. The Balaban J connectivity index is 1.74. The van der Waals surface area contributed by atoms with Crippen LogP contribution in [0.5, 0.6) is 5.75 Å². The number of Topliss-reactive ketones (excluding diaryl/α,β-unsaturated/α-hetero) is 1. The monoisotopic (exact) mass is 400 g/mol. The van der Waals surface area contributed by atoms with Crippen LogP contribution in [0.1, 0.15) is 35.2 Å². The summed E-state index contributed by atoms with van der Waals surface area (Å²) in [5.74, 6) is -1.12. The zero-order valence-corrected chi connectivity index (χ0v) is 16.3. The molecule has 2 amide bonds. The second kappa shape index (κ2) is 10.9. The van der Waals surface area contributed by atoms with E-state index in [0.29, 0.717) is 24.2 Å². The lowest BCUT2D eigenvalue weighted by atomic mass is 9.98. The smallest absolute Gasteiger partial charge is 0.222 e. The van der Waals surface area contributed by atoms with Crippen molar-refractivity contribution < 1.29 is 23.5 Å². The maximum absolute atomic E-state index is 13.0. The molecule has 0 spiro atoms. The molecule has 154 valence electrons. The molecule has 2 aromatic rings. The maximum atomic E-state index is 13.0. The SMILES string of the molecule is COc1ccc(C(=O)CCCC(=O)NCC(Cc2ccc(F)cc2)C(N)=O)cc1. The lowest BCUT2D eigenvalue weighted by molar-refractivity contribution is -0.123. The summed E-state index contributed by atoms with van der Waals surface area (Å²) in [5, 5.41) is 2.68. The van der Waals surface area contributed by atoms with Crippen molar-refractivity contribution in [3.8, 4) is 5.75 Å². The Morgan fingerprint density at radius 1 is 1.03 bits per heavy atom. The van der Waals surface area contributed by atoms with Gasteiger partial charge in [-0.2, -0.15) is 0 Å². The summed E-state index contributed by atoms with van der Waals surface area (Å²) in [5.41, 5.74) is 6.74. The van der Waals surface area contributed by atoms with Crippen LogP contribution in [-0.2, 0) is 16.0 Å². The molecule has 0 fully saturated rings. The maximum Gasteiger partial charge on any atom is 0.222 e. The summed E-state index contributed by atoms with van der Waals surface area (Å²) < 4.78 is 18.0. The van der Waals surface area contributed by atoms with Crippen LogP contribution in [-0.4, -0.2) is 31.3 Å². The molecule has 0 saturated heterocycles. The van der Waals surface area contributed by atoms with Gasteiger partial charge in [-0.25, -0.2) is 4.39 Å². The van der Waals surface area contributed by atoms with E-state index in [1.54, 1.807) is 43.5 Å². The number of hydrogen-bond acceptors (Lipinski definition) is 4. The van der Waals surface area contributed by atoms with Crippen LogP contribution in [0.2, 0.25) is 0 Å². The molecule has 0 radical (unpaired) electrons. The standard InChI is InChI=1S/C22H25FN2O4/c1-29-19-11-7-16(8-12-19)20(26)3-2-4-21(27)25-14-17(22(24)28)13-15-5-9-18(23)10-6-15/h5-12,17H,2-4,13-14H2,1H3,(H2,24,28)(H,25,27). The van der Waals surface area contributed by atoms with Gasteiger partial charge in [0.05, 0.1) is 13.0 Å².